The van der Waals surface area contributed by atoms with Gasteiger partial charge in [-0.2, -0.15) is 0 Å². The first-order valence-electron chi connectivity index (χ1n) is 7.91. The van der Waals surface area contributed by atoms with Crippen LogP contribution in [0.4, 0.5) is 4.39 Å². The zero-order chi connectivity index (χ0) is 16.2. The molecule has 2 aliphatic rings. The third kappa shape index (κ3) is 2.28. The lowest BCUT2D eigenvalue weighted by Gasteiger charge is -2.27. The van der Waals surface area contributed by atoms with Crippen molar-refractivity contribution in [3.63, 3.8) is 0 Å². The lowest BCUT2D eigenvalue weighted by molar-refractivity contribution is -0.124. The average Bonchev–Trinajstić information content (AvgIpc) is 3.00. The van der Waals surface area contributed by atoms with Gasteiger partial charge in [-0.15, -0.1) is 0 Å². The number of nitrogens with one attached hydrogen (secondary N) is 2. The number of amides is 1. The Morgan fingerprint density at radius 2 is 2.04 bits per heavy atom. The van der Waals surface area contributed by atoms with Crippen molar-refractivity contribution in [2.24, 2.45) is 17.8 Å². The van der Waals surface area contributed by atoms with Crippen LogP contribution in [0.2, 0.25) is 0 Å². The third-order valence-corrected chi connectivity index (χ3v) is 5.04. The Kier molecular flexibility index (Phi) is 3.13. The van der Waals surface area contributed by atoms with Gasteiger partial charge in [-0.3, -0.25) is 4.79 Å². The lowest BCUT2D eigenvalue weighted by Crippen LogP contribution is -2.43. The number of carbonyl (C=O) groups is 1. The van der Waals surface area contributed by atoms with E-state index in [2.05, 4.69) is 20.6 Å². The Bertz CT molecular complexity index is 781. The molecule has 1 saturated carbocycles. The molecule has 0 spiro atoms. The summed E-state index contributed by atoms with van der Waals surface area (Å²) in [5, 5.41) is 7.02. The van der Waals surface area contributed by atoms with Gasteiger partial charge in [0.15, 0.2) is 0 Å². The van der Waals surface area contributed by atoms with Crippen LogP contribution in [0.25, 0.3) is 10.9 Å². The van der Waals surface area contributed by atoms with E-state index < -0.39 is 5.54 Å². The van der Waals surface area contributed by atoms with Gasteiger partial charge >= 0.3 is 0 Å². The number of benzene rings is 1. The molecule has 1 aromatic heterocycles. The highest BCUT2D eigenvalue weighted by atomic mass is 19.1. The fraction of sp³-hybridized carbons (Fsp3) is 0.471. The number of carbonyl (C=O) groups excluding carboxylic acids is 1. The smallest absolute Gasteiger partial charge is 0.224 e. The molecule has 120 valence electrons. The predicted molar refractivity (Wildman–Crippen MR) is 84.0 cm³/mol. The van der Waals surface area contributed by atoms with Crippen LogP contribution in [-0.4, -0.2) is 29.0 Å². The summed E-state index contributed by atoms with van der Waals surface area (Å²) in [6.45, 7) is 5.64. The molecule has 23 heavy (non-hydrogen) atoms. The van der Waals surface area contributed by atoms with Crippen molar-refractivity contribution in [3.05, 3.63) is 36.0 Å². The van der Waals surface area contributed by atoms with Crippen molar-refractivity contribution in [1.29, 1.82) is 0 Å². The van der Waals surface area contributed by atoms with Crippen molar-refractivity contribution < 1.29 is 9.18 Å². The van der Waals surface area contributed by atoms with Gasteiger partial charge in [0.25, 0.3) is 0 Å². The maximum atomic E-state index is 13.9. The molecule has 2 N–H and O–H groups in total. The molecule has 4 rings (SSSR count). The minimum atomic E-state index is -0.684. The first kappa shape index (κ1) is 14.5. The quantitative estimate of drug-likeness (QED) is 0.903. The highest BCUT2D eigenvalue weighted by Gasteiger charge is 2.57. The van der Waals surface area contributed by atoms with Crippen LogP contribution in [0.1, 0.15) is 19.5 Å². The summed E-state index contributed by atoms with van der Waals surface area (Å²) in [4.78, 5) is 20.9. The third-order valence-electron chi connectivity index (χ3n) is 5.04. The molecule has 2 fully saturated rings. The minimum Gasteiger partial charge on any atom is -0.345 e. The number of rotatable bonds is 3. The molecule has 3 atom stereocenters. The van der Waals surface area contributed by atoms with Gasteiger partial charge in [-0.1, -0.05) is 12.1 Å². The van der Waals surface area contributed by atoms with E-state index in [9.17, 15) is 9.18 Å². The van der Waals surface area contributed by atoms with E-state index >= 15 is 0 Å². The zero-order valence-electron chi connectivity index (χ0n) is 13.1. The molecule has 0 bridgehead atoms. The van der Waals surface area contributed by atoms with Crippen LogP contribution in [0.15, 0.2) is 24.5 Å². The standard InChI is InChI=1S/C17H19FN4O/c1-17(2,22-16(23)13-10-6-19-7-11(10)13)15-9-4-3-5-12(18)14(9)20-8-21-15/h3-5,8,10-11,13,19H,6-7H2,1-2H3,(H,22,23)/t10-,11?,13+/m0/s1. The van der Waals surface area contributed by atoms with E-state index in [1.165, 1.54) is 12.4 Å². The zero-order valence-corrected chi connectivity index (χ0v) is 13.1. The molecule has 1 aromatic carbocycles. The van der Waals surface area contributed by atoms with Crippen molar-refractivity contribution in [1.82, 2.24) is 20.6 Å². The fourth-order valence-electron chi connectivity index (χ4n) is 3.81. The second-order valence-electron chi connectivity index (χ2n) is 6.98. The molecule has 2 heterocycles. The minimum absolute atomic E-state index is 0.0645. The van der Waals surface area contributed by atoms with Crippen LogP contribution in [0, 0.1) is 23.6 Å². The number of para-hydroxylation sites is 1. The van der Waals surface area contributed by atoms with Crippen LogP contribution < -0.4 is 10.6 Å². The highest BCUT2D eigenvalue weighted by molar-refractivity contribution is 5.86. The summed E-state index contributed by atoms with van der Waals surface area (Å²) in [6.07, 6.45) is 1.35. The number of fused-ring (bicyclic) bond motifs is 2. The van der Waals surface area contributed by atoms with Gasteiger partial charge in [0.05, 0.1) is 11.2 Å². The number of hydrogen-bond donors (Lipinski definition) is 2. The maximum absolute atomic E-state index is 13.9. The Balaban J connectivity index is 1.63. The number of halogens is 1. The Morgan fingerprint density at radius 3 is 2.78 bits per heavy atom. The second kappa shape index (κ2) is 4.96. The van der Waals surface area contributed by atoms with Crippen molar-refractivity contribution in [2.75, 3.05) is 13.1 Å². The average molecular weight is 314 g/mol. The Labute approximate surface area is 133 Å². The lowest BCUT2D eigenvalue weighted by atomic mass is 9.95. The van der Waals surface area contributed by atoms with Crippen LogP contribution in [0.3, 0.4) is 0 Å². The normalized spacial score (nSPS) is 26.1. The number of nitrogens with zero attached hydrogens (tertiary/aromatic N) is 2. The number of piperidine rings is 1. The van der Waals surface area contributed by atoms with Crippen LogP contribution in [0.5, 0.6) is 0 Å². The largest absolute Gasteiger partial charge is 0.345 e. The summed E-state index contributed by atoms with van der Waals surface area (Å²) in [5.41, 5.74) is 0.239. The van der Waals surface area contributed by atoms with E-state index in [1.54, 1.807) is 12.1 Å². The molecule has 1 unspecified atom stereocenters. The Morgan fingerprint density at radius 1 is 1.30 bits per heavy atom. The molecule has 1 saturated heterocycles. The summed E-state index contributed by atoms with van der Waals surface area (Å²) in [7, 11) is 0. The molecule has 0 radical (unpaired) electrons. The van der Waals surface area contributed by atoms with Gasteiger partial charge in [0, 0.05) is 11.3 Å². The van der Waals surface area contributed by atoms with Gasteiger partial charge in [0.1, 0.15) is 17.7 Å². The molecular weight excluding hydrogens is 295 g/mol. The van der Waals surface area contributed by atoms with Crippen LogP contribution in [-0.2, 0) is 10.3 Å². The molecule has 1 amide bonds. The fourth-order valence-corrected chi connectivity index (χ4v) is 3.81. The monoisotopic (exact) mass is 314 g/mol. The van der Waals surface area contributed by atoms with E-state index in [4.69, 9.17) is 0 Å². The number of hydrogen-bond acceptors (Lipinski definition) is 4. The SMILES string of the molecule is CC(C)(NC(=O)[C@H]1C2CNC[C@@H]21)c1ncnc2c(F)cccc12. The van der Waals surface area contributed by atoms with Gasteiger partial charge < -0.3 is 10.6 Å². The Hall–Kier alpha value is -2.08. The maximum Gasteiger partial charge on any atom is 0.224 e. The highest BCUT2D eigenvalue weighted by Crippen LogP contribution is 2.49. The van der Waals surface area contributed by atoms with Crippen LogP contribution >= 0.6 is 0 Å². The van der Waals surface area contributed by atoms with Gasteiger partial charge in [-0.05, 0) is 44.8 Å². The summed E-state index contributed by atoms with van der Waals surface area (Å²) in [5.74, 6) is 0.710. The first-order valence-corrected chi connectivity index (χ1v) is 7.91. The van der Waals surface area contributed by atoms with Gasteiger partial charge in [-0.25, -0.2) is 14.4 Å². The molecule has 6 heteroatoms. The number of aromatic nitrogens is 2. The summed E-state index contributed by atoms with van der Waals surface area (Å²) >= 11 is 0. The molecule has 5 nitrogen and oxygen atoms in total. The summed E-state index contributed by atoms with van der Waals surface area (Å²) < 4.78 is 13.9. The molecule has 1 aliphatic heterocycles. The van der Waals surface area contributed by atoms with E-state index in [0.29, 0.717) is 22.9 Å². The molecular formula is C17H19FN4O. The molecule has 1 aliphatic carbocycles. The van der Waals surface area contributed by atoms with Gasteiger partial charge in [0.2, 0.25) is 5.91 Å². The first-order chi connectivity index (χ1) is 11.0. The van der Waals surface area contributed by atoms with E-state index in [1.807, 2.05) is 13.8 Å². The van der Waals surface area contributed by atoms with Crippen molar-refractivity contribution in [2.45, 2.75) is 19.4 Å². The topological polar surface area (TPSA) is 66.9 Å². The van der Waals surface area contributed by atoms with Crippen molar-refractivity contribution in [3.8, 4) is 0 Å². The molecule has 2 aromatic rings. The van der Waals surface area contributed by atoms with Crippen molar-refractivity contribution >= 4 is 16.8 Å². The van der Waals surface area contributed by atoms with E-state index in [-0.39, 0.29) is 23.2 Å². The summed E-state index contributed by atoms with van der Waals surface area (Å²) in [6, 6.07) is 4.81. The predicted octanol–water partition coefficient (Wildman–Crippen LogP) is 1.59. The second-order valence-corrected chi connectivity index (χ2v) is 6.98. The van der Waals surface area contributed by atoms with E-state index in [0.717, 1.165) is 13.1 Å².